The summed E-state index contributed by atoms with van der Waals surface area (Å²) in [6, 6.07) is 6.00. The van der Waals surface area contributed by atoms with Crippen LogP contribution in [-0.4, -0.2) is 21.4 Å². The monoisotopic (exact) mass is 255 g/mol. The van der Waals surface area contributed by atoms with Crippen LogP contribution in [0.25, 0.3) is 0 Å². The molecule has 92 valence electrons. The first-order chi connectivity index (χ1) is 8.03. The molecule has 1 aliphatic carbocycles. The van der Waals surface area contributed by atoms with E-state index in [-0.39, 0.29) is 10.8 Å². The zero-order chi connectivity index (χ0) is 12.5. The molecule has 1 fully saturated rings. The van der Waals surface area contributed by atoms with E-state index in [0.29, 0.717) is 5.75 Å². The predicted molar refractivity (Wildman–Crippen MR) is 61.0 cm³/mol. The molecule has 0 atom stereocenters. The normalized spacial score (nSPS) is 15.4. The number of rotatable bonds is 4. The summed E-state index contributed by atoms with van der Waals surface area (Å²) in [6.45, 7) is 0. The van der Waals surface area contributed by atoms with Crippen LogP contribution in [0.4, 0.5) is 0 Å². The van der Waals surface area contributed by atoms with Crippen molar-refractivity contribution >= 4 is 15.9 Å². The largest absolute Gasteiger partial charge is 0.497 e. The lowest BCUT2D eigenvalue weighted by Gasteiger charge is -2.07. The minimum atomic E-state index is -3.78. The van der Waals surface area contributed by atoms with Gasteiger partial charge in [-0.3, -0.25) is 4.79 Å². The number of methoxy groups -OCH3 is 1. The van der Waals surface area contributed by atoms with E-state index in [1.54, 1.807) is 12.1 Å². The van der Waals surface area contributed by atoms with Crippen molar-refractivity contribution in [3.05, 3.63) is 24.3 Å². The average molecular weight is 255 g/mol. The van der Waals surface area contributed by atoms with Gasteiger partial charge in [0, 0.05) is 12.0 Å². The van der Waals surface area contributed by atoms with E-state index >= 15 is 0 Å². The van der Waals surface area contributed by atoms with Gasteiger partial charge in [-0.25, -0.2) is 13.1 Å². The van der Waals surface area contributed by atoms with Gasteiger partial charge in [0.05, 0.1) is 12.0 Å². The molecule has 1 N–H and O–H groups in total. The third-order valence-corrected chi connectivity index (χ3v) is 3.88. The van der Waals surface area contributed by atoms with E-state index in [1.165, 1.54) is 19.2 Å². The topological polar surface area (TPSA) is 72.5 Å². The van der Waals surface area contributed by atoms with Crippen LogP contribution in [0.3, 0.4) is 0 Å². The van der Waals surface area contributed by atoms with Crippen LogP contribution in [0.2, 0.25) is 0 Å². The number of amides is 1. The summed E-state index contributed by atoms with van der Waals surface area (Å²) < 4.78 is 30.7. The fraction of sp³-hybridized carbons (Fsp3) is 0.364. The Hall–Kier alpha value is -1.56. The molecule has 0 aromatic heterocycles. The van der Waals surface area contributed by atoms with Crippen LogP contribution in [0.1, 0.15) is 12.8 Å². The van der Waals surface area contributed by atoms with E-state index in [9.17, 15) is 13.2 Å². The van der Waals surface area contributed by atoms with E-state index < -0.39 is 15.9 Å². The molecular weight excluding hydrogens is 242 g/mol. The van der Waals surface area contributed by atoms with Gasteiger partial charge < -0.3 is 4.74 Å². The number of ether oxygens (including phenoxy) is 1. The lowest BCUT2D eigenvalue weighted by molar-refractivity contribution is -0.120. The van der Waals surface area contributed by atoms with Crippen molar-refractivity contribution in [3.63, 3.8) is 0 Å². The molecule has 0 aliphatic heterocycles. The van der Waals surface area contributed by atoms with Gasteiger partial charge in [0.15, 0.2) is 0 Å². The smallest absolute Gasteiger partial charge is 0.264 e. The van der Waals surface area contributed by atoms with Crippen molar-refractivity contribution in [3.8, 4) is 5.75 Å². The Morgan fingerprint density at radius 3 is 2.71 bits per heavy atom. The fourth-order valence-corrected chi connectivity index (χ4v) is 2.47. The molecule has 1 aliphatic rings. The Labute approximate surface area is 99.8 Å². The van der Waals surface area contributed by atoms with Gasteiger partial charge in [0.1, 0.15) is 5.75 Å². The average Bonchev–Trinajstić information content (AvgIpc) is 3.12. The molecule has 6 heteroatoms. The Morgan fingerprint density at radius 1 is 1.41 bits per heavy atom. The maximum absolute atomic E-state index is 11.9. The van der Waals surface area contributed by atoms with Crippen molar-refractivity contribution in [2.24, 2.45) is 5.92 Å². The van der Waals surface area contributed by atoms with E-state index in [2.05, 4.69) is 4.72 Å². The zero-order valence-electron chi connectivity index (χ0n) is 9.34. The maximum Gasteiger partial charge on any atom is 0.264 e. The van der Waals surface area contributed by atoms with Gasteiger partial charge >= 0.3 is 0 Å². The highest BCUT2D eigenvalue weighted by Crippen LogP contribution is 2.29. The van der Waals surface area contributed by atoms with Crippen molar-refractivity contribution in [1.29, 1.82) is 0 Å². The van der Waals surface area contributed by atoms with Crippen LogP contribution >= 0.6 is 0 Å². The molecule has 1 amide bonds. The highest BCUT2D eigenvalue weighted by molar-refractivity contribution is 7.90. The van der Waals surface area contributed by atoms with Gasteiger partial charge in [-0.05, 0) is 25.0 Å². The summed E-state index contributed by atoms with van der Waals surface area (Å²) in [5, 5.41) is 0. The highest BCUT2D eigenvalue weighted by atomic mass is 32.2. The molecule has 1 aromatic carbocycles. The van der Waals surface area contributed by atoms with Gasteiger partial charge in [-0.2, -0.15) is 0 Å². The molecule has 2 rings (SSSR count). The number of benzene rings is 1. The summed E-state index contributed by atoms with van der Waals surface area (Å²) in [5.74, 6) is -0.130. The zero-order valence-corrected chi connectivity index (χ0v) is 10.2. The van der Waals surface area contributed by atoms with Crippen molar-refractivity contribution < 1.29 is 17.9 Å². The first-order valence-corrected chi connectivity index (χ1v) is 6.72. The predicted octanol–water partition coefficient (Wildman–Crippen LogP) is 0.910. The maximum atomic E-state index is 11.9. The summed E-state index contributed by atoms with van der Waals surface area (Å²) >= 11 is 0. The van der Waals surface area contributed by atoms with Crippen molar-refractivity contribution in [2.75, 3.05) is 7.11 Å². The first kappa shape index (κ1) is 11.9. The van der Waals surface area contributed by atoms with Gasteiger partial charge in [0.25, 0.3) is 10.0 Å². The summed E-state index contributed by atoms with van der Waals surface area (Å²) in [5.41, 5.74) is 0. The molecule has 5 nitrogen and oxygen atoms in total. The molecule has 0 unspecified atom stereocenters. The van der Waals surface area contributed by atoms with E-state index in [1.807, 2.05) is 0 Å². The second-order valence-corrected chi connectivity index (χ2v) is 5.61. The quantitative estimate of drug-likeness (QED) is 0.868. The molecule has 0 saturated heterocycles. The Morgan fingerprint density at radius 2 is 2.12 bits per heavy atom. The molecular formula is C11H13NO4S. The summed E-state index contributed by atoms with van der Waals surface area (Å²) in [4.78, 5) is 11.5. The van der Waals surface area contributed by atoms with E-state index in [4.69, 9.17) is 4.74 Å². The second-order valence-electron chi connectivity index (χ2n) is 3.92. The molecule has 0 heterocycles. The SMILES string of the molecule is COc1cccc(S(=O)(=O)NC(=O)C2CC2)c1. The Bertz CT molecular complexity index is 534. The summed E-state index contributed by atoms with van der Waals surface area (Å²) in [6.07, 6.45) is 1.53. The Kier molecular flexibility index (Phi) is 3.06. The lowest BCUT2D eigenvalue weighted by atomic mass is 10.3. The van der Waals surface area contributed by atoms with Crippen LogP contribution < -0.4 is 9.46 Å². The highest BCUT2D eigenvalue weighted by Gasteiger charge is 2.32. The number of carbonyl (C=O) groups excluding carboxylic acids is 1. The number of sulfonamides is 1. The van der Waals surface area contributed by atoms with Gasteiger partial charge in [-0.15, -0.1) is 0 Å². The van der Waals surface area contributed by atoms with Gasteiger partial charge in [0.2, 0.25) is 5.91 Å². The van der Waals surface area contributed by atoms with Crippen molar-refractivity contribution in [2.45, 2.75) is 17.7 Å². The van der Waals surface area contributed by atoms with E-state index in [0.717, 1.165) is 12.8 Å². The third-order valence-electron chi connectivity index (χ3n) is 2.53. The number of hydrogen-bond acceptors (Lipinski definition) is 4. The number of hydrogen-bond donors (Lipinski definition) is 1. The van der Waals surface area contributed by atoms with Crippen LogP contribution in [-0.2, 0) is 14.8 Å². The summed E-state index contributed by atoms with van der Waals surface area (Å²) in [7, 11) is -2.32. The second kappa shape index (κ2) is 4.37. The Balaban J connectivity index is 2.21. The molecule has 0 bridgehead atoms. The molecule has 1 aromatic rings. The number of carbonyl (C=O) groups is 1. The molecule has 0 spiro atoms. The van der Waals surface area contributed by atoms with Crippen LogP contribution in [0.15, 0.2) is 29.2 Å². The fourth-order valence-electron chi connectivity index (χ4n) is 1.39. The standard InChI is InChI=1S/C11H13NO4S/c1-16-9-3-2-4-10(7-9)17(14,15)12-11(13)8-5-6-8/h2-4,7-8H,5-6H2,1H3,(H,12,13). The minimum Gasteiger partial charge on any atom is -0.497 e. The minimum absolute atomic E-state index is 0.0332. The third kappa shape index (κ3) is 2.76. The van der Waals surface area contributed by atoms with Crippen LogP contribution in [0, 0.1) is 5.92 Å². The molecule has 1 saturated carbocycles. The van der Waals surface area contributed by atoms with Crippen molar-refractivity contribution in [1.82, 2.24) is 4.72 Å². The first-order valence-electron chi connectivity index (χ1n) is 5.23. The van der Waals surface area contributed by atoms with Gasteiger partial charge in [-0.1, -0.05) is 6.07 Å². The number of nitrogens with one attached hydrogen (secondary N) is 1. The molecule has 0 radical (unpaired) electrons. The lowest BCUT2D eigenvalue weighted by Crippen LogP contribution is -2.31. The van der Waals surface area contributed by atoms with Crippen LogP contribution in [0.5, 0.6) is 5.75 Å². The molecule has 17 heavy (non-hydrogen) atoms.